The summed E-state index contributed by atoms with van der Waals surface area (Å²) in [5.74, 6) is 1.27. The average Bonchev–Trinajstić information content (AvgIpc) is 2.28. The van der Waals surface area contributed by atoms with Gasteiger partial charge in [0.05, 0.1) is 0 Å². The van der Waals surface area contributed by atoms with E-state index in [1.54, 1.807) is 6.07 Å². The molecule has 0 atom stereocenters. The molecule has 0 aromatic heterocycles. The second-order valence-electron chi connectivity index (χ2n) is 5.34. The van der Waals surface area contributed by atoms with Gasteiger partial charge in [0, 0.05) is 16.5 Å². The molecular weight excluding hydrogens is 232 g/mol. The van der Waals surface area contributed by atoms with Gasteiger partial charge in [-0.1, -0.05) is 31.4 Å². The molecule has 0 N–H and O–H groups in total. The van der Waals surface area contributed by atoms with E-state index in [1.807, 2.05) is 19.1 Å². The first-order valence-corrected chi connectivity index (χ1v) is 6.75. The largest absolute Gasteiger partial charge is 0.294 e. The van der Waals surface area contributed by atoms with Gasteiger partial charge in [-0.2, -0.15) is 0 Å². The van der Waals surface area contributed by atoms with E-state index in [9.17, 15) is 4.79 Å². The molecule has 17 heavy (non-hydrogen) atoms. The number of carbonyl (C=O) groups excluding carboxylic acids is 1. The number of halogens is 1. The minimum atomic E-state index is 0.212. The van der Waals surface area contributed by atoms with Crippen LogP contribution < -0.4 is 0 Å². The first kappa shape index (κ1) is 12.6. The molecule has 1 aromatic rings. The topological polar surface area (TPSA) is 17.1 Å². The van der Waals surface area contributed by atoms with E-state index >= 15 is 0 Å². The van der Waals surface area contributed by atoms with Gasteiger partial charge in [-0.05, 0) is 49.4 Å². The maximum atomic E-state index is 12.4. The lowest BCUT2D eigenvalue weighted by atomic mass is 9.79. The smallest absolute Gasteiger partial charge is 0.166 e. The molecule has 1 saturated carbocycles. The number of Topliss-reactive ketones (excluding diaryl/α,β-unsaturated/α-hetero) is 1. The molecule has 0 saturated heterocycles. The average molecular weight is 251 g/mol. The van der Waals surface area contributed by atoms with Gasteiger partial charge in [0.1, 0.15) is 0 Å². The van der Waals surface area contributed by atoms with Crippen LogP contribution in [0.3, 0.4) is 0 Å². The van der Waals surface area contributed by atoms with Crippen LogP contribution in [0.25, 0.3) is 0 Å². The Bertz CT molecular complexity index is 397. The van der Waals surface area contributed by atoms with E-state index in [4.69, 9.17) is 11.6 Å². The molecule has 0 aliphatic heterocycles. The van der Waals surface area contributed by atoms with Crippen molar-refractivity contribution in [3.63, 3.8) is 0 Å². The molecular formula is C15H19ClO. The zero-order valence-corrected chi connectivity index (χ0v) is 11.3. The van der Waals surface area contributed by atoms with Crippen molar-refractivity contribution in [2.45, 2.75) is 39.5 Å². The third kappa shape index (κ3) is 3.10. The fraction of sp³-hybridized carbons (Fsp3) is 0.533. The molecule has 0 amide bonds. The molecule has 2 heteroatoms. The Labute approximate surface area is 108 Å². The van der Waals surface area contributed by atoms with Gasteiger partial charge in [-0.15, -0.1) is 0 Å². The highest BCUT2D eigenvalue weighted by Gasteiger charge is 2.25. The SMILES string of the molecule is Cc1cc(Cl)cc(C(=O)C2CCC(C)CC2)c1. The summed E-state index contributed by atoms with van der Waals surface area (Å²) in [5, 5.41) is 0.664. The monoisotopic (exact) mass is 250 g/mol. The lowest BCUT2D eigenvalue weighted by Crippen LogP contribution is -2.21. The molecule has 0 bridgehead atoms. The van der Waals surface area contributed by atoms with Gasteiger partial charge >= 0.3 is 0 Å². The van der Waals surface area contributed by atoms with E-state index in [0.29, 0.717) is 5.02 Å². The Hall–Kier alpha value is -0.820. The maximum absolute atomic E-state index is 12.4. The number of ketones is 1. The minimum Gasteiger partial charge on any atom is -0.294 e. The van der Waals surface area contributed by atoms with E-state index < -0.39 is 0 Å². The highest BCUT2D eigenvalue weighted by Crippen LogP contribution is 2.31. The molecule has 1 aliphatic carbocycles. The zero-order chi connectivity index (χ0) is 12.4. The van der Waals surface area contributed by atoms with Crippen LogP contribution in [-0.4, -0.2) is 5.78 Å². The van der Waals surface area contributed by atoms with Gasteiger partial charge in [0.2, 0.25) is 0 Å². The molecule has 0 radical (unpaired) electrons. The van der Waals surface area contributed by atoms with Crippen LogP contribution in [0.2, 0.25) is 5.02 Å². The van der Waals surface area contributed by atoms with Crippen molar-refractivity contribution in [3.8, 4) is 0 Å². The quantitative estimate of drug-likeness (QED) is 0.698. The van der Waals surface area contributed by atoms with E-state index in [1.165, 1.54) is 12.8 Å². The van der Waals surface area contributed by atoms with Crippen molar-refractivity contribution in [1.29, 1.82) is 0 Å². The first-order chi connectivity index (χ1) is 8.06. The fourth-order valence-electron chi connectivity index (χ4n) is 2.64. The van der Waals surface area contributed by atoms with Crippen LogP contribution >= 0.6 is 11.6 Å². The fourth-order valence-corrected chi connectivity index (χ4v) is 2.93. The van der Waals surface area contributed by atoms with Crippen LogP contribution in [0.5, 0.6) is 0 Å². The predicted molar refractivity (Wildman–Crippen MR) is 71.6 cm³/mol. The summed E-state index contributed by atoms with van der Waals surface area (Å²) in [7, 11) is 0. The van der Waals surface area contributed by atoms with Gasteiger partial charge in [-0.3, -0.25) is 4.79 Å². The molecule has 0 heterocycles. The van der Waals surface area contributed by atoms with E-state index in [-0.39, 0.29) is 11.7 Å². The second-order valence-corrected chi connectivity index (χ2v) is 5.77. The summed E-state index contributed by atoms with van der Waals surface area (Å²) in [6, 6.07) is 5.64. The summed E-state index contributed by atoms with van der Waals surface area (Å²) in [5.41, 5.74) is 1.85. The number of hydrogen-bond donors (Lipinski definition) is 0. The van der Waals surface area contributed by atoms with Crippen LogP contribution in [0.1, 0.15) is 48.5 Å². The lowest BCUT2D eigenvalue weighted by Gasteiger charge is -2.25. The van der Waals surface area contributed by atoms with Gasteiger partial charge in [0.25, 0.3) is 0 Å². The number of carbonyl (C=O) groups is 1. The Morgan fingerprint density at radius 3 is 2.41 bits per heavy atom. The third-order valence-corrected chi connectivity index (χ3v) is 3.93. The van der Waals surface area contributed by atoms with Gasteiger partial charge < -0.3 is 0 Å². The van der Waals surface area contributed by atoms with Crippen molar-refractivity contribution >= 4 is 17.4 Å². The lowest BCUT2D eigenvalue weighted by molar-refractivity contribution is 0.0875. The summed E-state index contributed by atoms with van der Waals surface area (Å²) < 4.78 is 0. The highest BCUT2D eigenvalue weighted by atomic mass is 35.5. The zero-order valence-electron chi connectivity index (χ0n) is 10.5. The Balaban J connectivity index is 2.14. The van der Waals surface area contributed by atoms with Crippen LogP contribution in [-0.2, 0) is 0 Å². The van der Waals surface area contributed by atoms with Crippen molar-refractivity contribution in [2.75, 3.05) is 0 Å². The van der Waals surface area contributed by atoms with Crippen molar-refractivity contribution < 1.29 is 4.79 Å². The van der Waals surface area contributed by atoms with E-state index in [2.05, 4.69) is 6.92 Å². The standard InChI is InChI=1S/C15H19ClO/c1-10-3-5-12(6-4-10)15(17)13-7-11(2)8-14(16)9-13/h7-10,12H,3-6H2,1-2H3. The number of hydrogen-bond acceptors (Lipinski definition) is 1. The molecule has 1 aliphatic rings. The molecule has 0 unspecified atom stereocenters. The highest BCUT2D eigenvalue weighted by molar-refractivity contribution is 6.31. The summed E-state index contributed by atoms with van der Waals surface area (Å²) in [6.45, 7) is 4.25. The van der Waals surface area contributed by atoms with Crippen LogP contribution in [0.15, 0.2) is 18.2 Å². The number of benzene rings is 1. The maximum Gasteiger partial charge on any atom is 0.166 e. The van der Waals surface area contributed by atoms with Gasteiger partial charge in [0.15, 0.2) is 5.78 Å². The summed E-state index contributed by atoms with van der Waals surface area (Å²) >= 11 is 6.00. The molecule has 2 rings (SSSR count). The first-order valence-electron chi connectivity index (χ1n) is 6.37. The van der Waals surface area contributed by atoms with Gasteiger partial charge in [-0.25, -0.2) is 0 Å². The van der Waals surface area contributed by atoms with Crippen molar-refractivity contribution in [2.24, 2.45) is 11.8 Å². The predicted octanol–water partition coefficient (Wildman–Crippen LogP) is 4.66. The Morgan fingerprint density at radius 2 is 1.82 bits per heavy atom. The molecule has 92 valence electrons. The second kappa shape index (κ2) is 5.22. The van der Waals surface area contributed by atoms with E-state index in [0.717, 1.165) is 29.9 Å². The summed E-state index contributed by atoms with van der Waals surface area (Å²) in [4.78, 5) is 12.4. The molecule has 1 fully saturated rings. The van der Waals surface area contributed by atoms with Crippen molar-refractivity contribution in [3.05, 3.63) is 34.3 Å². The van der Waals surface area contributed by atoms with Crippen molar-refractivity contribution in [1.82, 2.24) is 0 Å². The van der Waals surface area contributed by atoms with Crippen LogP contribution in [0.4, 0.5) is 0 Å². The van der Waals surface area contributed by atoms with Crippen LogP contribution in [0, 0.1) is 18.8 Å². The number of aryl methyl sites for hydroxylation is 1. The minimum absolute atomic E-state index is 0.212. The normalized spacial score (nSPS) is 24.6. The molecule has 1 aromatic carbocycles. The molecule has 1 nitrogen and oxygen atoms in total. The summed E-state index contributed by atoms with van der Waals surface area (Å²) in [6.07, 6.45) is 4.42. The Kier molecular flexibility index (Phi) is 3.88. The molecule has 0 spiro atoms. The Morgan fingerprint density at radius 1 is 1.18 bits per heavy atom. The third-order valence-electron chi connectivity index (χ3n) is 3.71. The number of rotatable bonds is 2.